The number of hydrazine groups is 1. The minimum absolute atomic E-state index is 0. The zero-order valence-electron chi connectivity index (χ0n) is 19.3. The molecule has 3 N–H and O–H groups in total. The minimum atomic E-state index is -1.05. The van der Waals surface area contributed by atoms with Crippen molar-refractivity contribution in [3.05, 3.63) is 22.5 Å². The number of halogens is 1. The van der Waals surface area contributed by atoms with Gasteiger partial charge >= 0.3 is 5.97 Å². The highest BCUT2D eigenvalue weighted by Gasteiger charge is 2.60. The first-order valence-corrected chi connectivity index (χ1v) is 12.5. The van der Waals surface area contributed by atoms with Crippen molar-refractivity contribution in [2.45, 2.75) is 50.1 Å². The fourth-order valence-electron chi connectivity index (χ4n) is 6.02. The number of aliphatic carboxylic acids is 1. The molecular formula is C22H34ClN5O4S. The maximum Gasteiger partial charge on any atom is 0.353 e. The smallest absolute Gasteiger partial charge is 0.353 e. The highest BCUT2D eigenvalue weighted by atomic mass is 35.5. The normalized spacial score (nSPS) is 34.7. The molecule has 5 aliphatic heterocycles. The maximum absolute atomic E-state index is 12.5. The van der Waals surface area contributed by atoms with E-state index in [4.69, 9.17) is 0 Å². The van der Waals surface area contributed by atoms with E-state index < -0.39 is 18.0 Å². The van der Waals surface area contributed by atoms with Crippen molar-refractivity contribution in [2.24, 2.45) is 11.8 Å². The van der Waals surface area contributed by atoms with Crippen LogP contribution in [0.1, 0.15) is 26.7 Å². The molecule has 0 radical (unpaired) electrons. The van der Waals surface area contributed by atoms with E-state index in [-0.39, 0.29) is 41.2 Å². The van der Waals surface area contributed by atoms with E-state index in [9.17, 15) is 19.8 Å². The number of β-lactam (4-membered cyclic amide) rings is 1. The average Bonchev–Trinajstić information content (AvgIpc) is 3.40. The van der Waals surface area contributed by atoms with Crippen molar-refractivity contribution in [3.8, 4) is 0 Å². The van der Waals surface area contributed by atoms with Gasteiger partial charge in [0.05, 0.1) is 18.1 Å². The standard InChI is InChI=1S/C22H33N5O4S.ClH/c1-12-18-17(13(2)28)21(29)27(18)19(22(30)31)20(12)32-15-9-14(23-10-15)11-25-6-4-7-26-16(25)5-8-24(26)3;/h5,12-15,17-18,23,28H,4,6-11H2,1-3H3,(H,30,31);1H/t12-,13-,14+,15+,17-,18-;/m1./s1. The van der Waals surface area contributed by atoms with Crippen molar-refractivity contribution in [1.29, 1.82) is 0 Å². The van der Waals surface area contributed by atoms with Crippen molar-refractivity contribution >= 4 is 36.0 Å². The Morgan fingerprint density at radius 1 is 1.36 bits per heavy atom. The summed E-state index contributed by atoms with van der Waals surface area (Å²) in [6.45, 7) is 8.47. The number of rotatable bonds is 6. The van der Waals surface area contributed by atoms with Gasteiger partial charge in [-0.05, 0) is 25.8 Å². The molecule has 0 aliphatic carbocycles. The van der Waals surface area contributed by atoms with Crippen LogP contribution in [0.4, 0.5) is 0 Å². The number of nitrogens with zero attached hydrogens (tertiary/aromatic N) is 4. The summed E-state index contributed by atoms with van der Waals surface area (Å²) in [6, 6.07) is 0.112. The molecule has 0 unspecified atom stereocenters. The molecule has 3 saturated heterocycles. The molecule has 33 heavy (non-hydrogen) atoms. The van der Waals surface area contributed by atoms with Gasteiger partial charge < -0.3 is 25.3 Å². The van der Waals surface area contributed by atoms with Crippen LogP contribution in [0.2, 0.25) is 0 Å². The first-order valence-electron chi connectivity index (χ1n) is 11.6. The number of carboxylic acid groups (broad SMARTS) is 1. The van der Waals surface area contributed by atoms with Gasteiger partial charge in [-0.25, -0.2) is 9.80 Å². The van der Waals surface area contributed by atoms with Crippen LogP contribution in [0.5, 0.6) is 0 Å². The van der Waals surface area contributed by atoms with Crippen LogP contribution < -0.4 is 5.32 Å². The van der Waals surface area contributed by atoms with Crippen LogP contribution in [0.3, 0.4) is 0 Å². The third-order valence-electron chi connectivity index (χ3n) is 7.56. The number of aliphatic hydroxyl groups excluding tert-OH is 1. The van der Waals surface area contributed by atoms with Crippen LogP contribution in [0, 0.1) is 11.8 Å². The van der Waals surface area contributed by atoms with Gasteiger partial charge in [0.15, 0.2) is 0 Å². The Morgan fingerprint density at radius 3 is 2.82 bits per heavy atom. The first kappa shape index (κ1) is 24.7. The number of hydrogen-bond donors (Lipinski definition) is 3. The SMILES string of the molecule is C[C@@H](O)[C@H]1C(=O)N2C(C(=O)O)=C(S[C@@H]3CN[C@H](CN4CCCN5C4=CCN5C)C3)[C@H](C)[C@H]12.Cl. The molecule has 1 amide bonds. The van der Waals surface area contributed by atoms with E-state index in [1.807, 2.05) is 6.92 Å². The Kier molecular flexibility index (Phi) is 6.95. The molecule has 9 nitrogen and oxygen atoms in total. The van der Waals surface area contributed by atoms with Gasteiger partial charge in [-0.1, -0.05) is 6.92 Å². The average molecular weight is 500 g/mol. The van der Waals surface area contributed by atoms with Gasteiger partial charge in [-0.15, -0.1) is 24.2 Å². The largest absolute Gasteiger partial charge is 0.477 e. The zero-order chi connectivity index (χ0) is 22.7. The molecule has 0 bridgehead atoms. The van der Waals surface area contributed by atoms with Crippen molar-refractivity contribution in [2.75, 3.05) is 39.8 Å². The molecule has 5 rings (SSSR count). The number of likely N-dealkylation sites (N-methyl/N-ethyl adjacent to an activating group) is 1. The predicted octanol–water partition coefficient (Wildman–Crippen LogP) is 0.735. The van der Waals surface area contributed by atoms with Gasteiger partial charge in [0.25, 0.3) is 0 Å². The van der Waals surface area contributed by atoms with Gasteiger partial charge in [0.1, 0.15) is 11.5 Å². The van der Waals surface area contributed by atoms with E-state index in [1.54, 1.807) is 18.7 Å². The molecule has 5 heterocycles. The minimum Gasteiger partial charge on any atom is -0.477 e. The lowest BCUT2D eigenvalue weighted by Gasteiger charge is -2.46. The molecule has 11 heteroatoms. The van der Waals surface area contributed by atoms with Crippen LogP contribution in [0.25, 0.3) is 0 Å². The summed E-state index contributed by atoms with van der Waals surface area (Å²) in [4.78, 5) is 29.3. The summed E-state index contributed by atoms with van der Waals surface area (Å²) < 4.78 is 0. The monoisotopic (exact) mass is 499 g/mol. The number of nitrogens with one attached hydrogen (secondary N) is 1. The Morgan fingerprint density at radius 2 is 2.12 bits per heavy atom. The van der Waals surface area contributed by atoms with E-state index in [0.717, 1.165) is 50.5 Å². The fourth-order valence-corrected chi connectivity index (χ4v) is 7.53. The Hall–Kier alpha value is -1.46. The van der Waals surface area contributed by atoms with Crippen LogP contribution in [-0.2, 0) is 9.59 Å². The molecule has 184 valence electrons. The molecular weight excluding hydrogens is 466 g/mol. The summed E-state index contributed by atoms with van der Waals surface area (Å²) in [5.41, 5.74) is 0.128. The van der Waals surface area contributed by atoms with Crippen molar-refractivity contribution < 1.29 is 19.8 Å². The summed E-state index contributed by atoms with van der Waals surface area (Å²) >= 11 is 1.62. The molecule has 6 atom stereocenters. The van der Waals surface area contributed by atoms with E-state index in [1.165, 1.54) is 10.7 Å². The van der Waals surface area contributed by atoms with Crippen molar-refractivity contribution in [1.82, 2.24) is 25.1 Å². The second kappa shape index (κ2) is 9.30. The predicted molar refractivity (Wildman–Crippen MR) is 128 cm³/mol. The van der Waals surface area contributed by atoms with Gasteiger partial charge in [0, 0.05) is 61.9 Å². The maximum atomic E-state index is 12.5. The zero-order valence-corrected chi connectivity index (χ0v) is 20.9. The third-order valence-corrected chi connectivity index (χ3v) is 9.08. The number of thioether (sulfide) groups is 1. The summed E-state index contributed by atoms with van der Waals surface area (Å²) in [5.74, 6) is -0.586. The van der Waals surface area contributed by atoms with Crippen LogP contribution >= 0.6 is 24.2 Å². The lowest BCUT2D eigenvalue weighted by molar-refractivity contribution is -0.163. The van der Waals surface area contributed by atoms with Crippen molar-refractivity contribution in [3.63, 3.8) is 0 Å². The number of carbonyl (C=O) groups is 2. The second-order valence-electron chi connectivity index (χ2n) is 9.68. The lowest BCUT2D eigenvalue weighted by Crippen LogP contribution is -2.63. The van der Waals surface area contributed by atoms with Crippen LogP contribution in [-0.4, -0.2) is 105 Å². The topological polar surface area (TPSA) is 99.6 Å². The second-order valence-corrected chi connectivity index (χ2v) is 11.0. The molecule has 0 aromatic heterocycles. The molecule has 0 saturated carbocycles. The number of carbonyl (C=O) groups excluding carboxylic acids is 1. The molecule has 0 aromatic carbocycles. The number of carboxylic acids is 1. The van der Waals surface area contributed by atoms with E-state index in [0.29, 0.717) is 6.04 Å². The summed E-state index contributed by atoms with van der Waals surface area (Å²) in [6.07, 6.45) is 3.64. The molecule has 0 spiro atoms. The number of aliphatic hydroxyl groups is 1. The lowest BCUT2D eigenvalue weighted by atomic mass is 9.79. The summed E-state index contributed by atoms with van der Waals surface area (Å²) in [7, 11) is 2.13. The van der Waals surface area contributed by atoms with Gasteiger partial charge in [0.2, 0.25) is 5.91 Å². The number of fused-ring (bicyclic) bond motifs is 2. The van der Waals surface area contributed by atoms with Gasteiger partial charge in [-0.3, -0.25) is 9.80 Å². The van der Waals surface area contributed by atoms with E-state index >= 15 is 0 Å². The summed E-state index contributed by atoms with van der Waals surface area (Å²) in [5, 5.41) is 28.4. The highest BCUT2D eigenvalue weighted by molar-refractivity contribution is 8.03. The number of hydrogen-bond acceptors (Lipinski definition) is 8. The fraction of sp³-hybridized carbons (Fsp3) is 0.727. The number of amides is 1. The molecule has 0 aromatic rings. The Balaban J connectivity index is 0.00000259. The Bertz CT molecular complexity index is 883. The Labute approximate surface area is 205 Å². The third kappa shape index (κ3) is 4.03. The van der Waals surface area contributed by atoms with Crippen LogP contribution in [0.15, 0.2) is 22.5 Å². The molecule has 5 aliphatic rings. The highest BCUT2D eigenvalue weighted by Crippen LogP contribution is 2.51. The first-order chi connectivity index (χ1) is 15.3. The quantitative estimate of drug-likeness (QED) is 0.457. The van der Waals surface area contributed by atoms with E-state index in [2.05, 4.69) is 33.4 Å². The molecule has 3 fully saturated rings. The van der Waals surface area contributed by atoms with Gasteiger partial charge in [-0.2, -0.15) is 0 Å².